The van der Waals surface area contributed by atoms with Crippen molar-refractivity contribution in [2.24, 2.45) is 0 Å². The number of rotatable bonds is 4. The summed E-state index contributed by atoms with van der Waals surface area (Å²) in [6.07, 6.45) is -3.01. The predicted molar refractivity (Wildman–Crippen MR) is 98.9 cm³/mol. The number of benzene rings is 1. The minimum atomic E-state index is -4.75. The Morgan fingerprint density at radius 3 is 2.66 bits per heavy atom. The Bertz CT molecular complexity index is 914. The highest BCUT2D eigenvalue weighted by atomic mass is 35.5. The van der Waals surface area contributed by atoms with Crippen LogP contribution >= 0.6 is 11.6 Å². The highest BCUT2D eigenvalue weighted by Gasteiger charge is 2.39. The molecule has 1 aromatic carbocycles. The Labute approximate surface area is 170 Å². The SMILES string of the molecule is CCOC(=O)C1CCCCN1C(=O)c1cc(C(F)(F)F)nn1-c1ccccc1Cl. The maximum Gasteiger partial charge on any atom is 0.435 e. The molecule has 0 spiro atoms. The third kappa shape index (κ3) is 4.39. The van der Waals surface area contributed by atoms with E-state index in [-0.39, 0.29) is 29.6 Å². The molecule has 3 rings (SSSR count). The number of nitrogens with zero attached hydrogens (tertiary/aromatic N) is 3. The van der Waals surface area contributed by atoms with Crippen molar-refractivity contribution in [2.45, 2.75) is 38.4 Å². The van der Waals surface area contributed by atoms with E-state index >= 15 is 0 Å². The van der Waals surface area contributed by atoms with Crippen molar-refractivity contribution in [3.63, 3.8) is 0 Å². The molecule has 0 saturated carbocycles. The number of hydrogen-bond donors (Lipinski definition) is 0. The van der Waals surface area contributed by atoms with Crippen molar-refractivity contribution in [1.82, 2.24) is 14.7 Å². The molecule has 156 valence electrons. The second-order valence-electron chi connectivity index (χ2n) is 6.54. The topological polar surface area (TPSA) is 64.4 Å². The number of para-hydroxylation sites is 1. The number of carbonyl (C=O) groups excluding carboxylic acids is 2. The molecule has 1 fully saturated rings. The average Bonchev–Trinajstić information content (AvgIpc) is 3.13. The van der Waals surface area contributed by atoms with Gasteiger partial charge in [-0.15, -0.1) is 0 Å². The van der Waals surface area contributed by atoms with Crippen LogP contribution in [0.4, 0.5) is 13.2 Å². The highest BCUT2D eigenvalue weighted by Crippen LogP contribution is 2.32. The van der Waals surface area contributed by atoms with Crippen LogP contribution < -0.4 is 0 Å². The van der Waals surface area contributed by atoms with Crippen molar-refractivity contribution in [2.75, 3.05) is 13.2 Å². The number of esters is 1. The van der Waals surface area contributed by atoms with Gasteiger partial charge >= 0.3 is 12.1 Å². The zero-order valence-electron chi connectivity index (χ0n) is 15.6. The van der Waals surface area contributed by atoms with Gasteiger partial charge in [0.2, 0.25) is 0 Å². The fourth-order valence-corrected chi connectivity index (χ4v) is 3.50. The zero-order chi connectivity index (χ0) is 21.2. The first-order valence-corrected chi connectivity index (χ1v) is 9.51. The summed E-state index contributed by atoms with van der Waals surface area (Å²) in [6.45, 7) is 2.03. The number of piperidine rings is 1. The van der Waals surface area contributed by atoms with Gasteiger partial charge < -0.3 is 9.64 Å². The van der Waals surface area contributed by atoms with Gasteiger partial charge in [0.25, 0.3) is 5.91 Å². The maximum atomic E-state index is 13.3. The molecule has 1 unspecified atom stereocenters. The number of ether oxygens (including phenoxy) is 1. The van der Waals surface area contributed by atoms with Crippen LogP contribution in [-0.2, 0) is 15.7 Å². The third-order valence-electron chi connectivity index (χ3n) is 4.62. The molecule has 2 aromatic rings. The fourth-order valence-electron chi connectivity index (χ4n) is 3.28. The third-order valence-corrected chi connectivity index (χ3v) is 4.94. The van der Waals surface area contributed by atoms with Gasteiger partial charge in [0.15, 0.2) is 5.69 Å². The molecule has 2 heterocycles. The van der Waals surface area contributed by atoms with Crippen molar-refractivity contribution >= 4 is 23.5 Å². The van der Waals surface area contributed by atoms with Gasteiger partial charge in [-0.05, 0) is 38.3 Å². The first-order valence-electron chi connectivity index (χ1n) is 9.13. The second kappa shape index (κ2) is 8.44. The molecule has 1 atom stereocenters. The van der Waals surface area contributed by atoms with Crippen LogP contribution in [0.15, 0.2) is 30.3 Å². The Morgan fingerprint density at radius 1 is 1.28 bits per heavy atom. The highest BCUT2D eigenvalue weighted by molar-refractivity contribution is 6.32. The summed E-state index contributed by atoms with van der Waals surface area (Å²) >= 11 is 6.12. The molecule has 1 amide bonds. The van der Waals surface area contributed by atoms with Gasteiger partial charge in [0.05, 0.1) is 17.3 Å². The van der Waals surface area contributed by atoms with E-state index in [1.807, 2.05) is 0 Å². The van der Waals surface area contributed by atoms with E-state index in [0.717, 1.165) is 4.68 Å². The number of likely N-dealkylation sites (tertiary alicyclic amines) is 1. The normalized spacial score (nSPS) is 17.3. The first kappa shape index (κ1) is 21.2. The summed E-state index contributed by atoms with van der Waals surface area (Å²) in [6, 6.07) is 5.98. The summed E-state index contributed by atoms with van der Waals surface area (Å²) in [5.41, 5.74) is -1.40. The molecule has 10 heteroatoms. The maximum absolute atomic E-state index is 13.3. The van der Waals surface area contributed by atoms with E-state index in [4.69, 9.17) is 16.3 Å². The van der Waals surface area contributed by atoms with Crippen LogP contribution in [0.2, 0.25) is 5.02 Å². The number of carbonyl (C=O) groups is 2. The van der Waals surface area contributed by atoms with E-state index in [1.54, 1.807) is 19.1 Å². The number of alkyl halides is 3. The van der Waals surface area contributed by atoms with E-state index < -0.39 is 29.8 Å². The number of halogens is 4. The number of hydrogen-bond acceptors (Lipinski definition) is 4. The minimum Gasteiger partial charge on any atom is -0.464 e. The molecule has 0 N–H and O–H groups in total. The molecule has 0 aliphatic carbocycles. The predicted octanol–water partition coefficient (Wildman–Crippen LogP) is 4.10. The molecule has 0 bridgehead atoms. The van der Waals surface area contributed by atoms with Gasteiger partial charge in [-0.2, -0.15) is 18.3 Å². The molecular formula is C19H19ClF3N3O3. The number of aromatic nitrogens is 2. The van der Waals surface area contributed by atoms with Crippen LogP contribution in [0.25, 0.3) is 5.69 Å². The average molecular weight is 430 g/mol. The Kier molecular flexibility index (Phi) is 6.16. The zero-order valence-corrected chi connectivity index (χ0v) is 16.3. The Morgan fingerprint density at radius 2 is 2.00 bits per heavy atom. The summed E-state index contributed by atoms with van der Waals surface area (Å²) < 4.78 is 45.8. The molecule has 0 radical (unpaired) electrons. The molecule has 1 aliphatic heterocycles. The minimum absolute atomic E-state index is 0.137. The largest absolute Gasteiger partial charge is 0.464 e. The Hall–Kier alpha value is -2.55. The lowest BCUT2D eigenvalue weighted by molar-refractivity contribution is -0.149. The van der Waals surface area contributed by atoms with Gasteiger partial charge in [-0.25, -0.2) is 9.48 Å². The number of amides is 1. The quantitative estimate of drug-likeness (QED) is 0.686. The van der Waals surface area contributed by atoms with Crippen LogP contribution in [0.5, 0.6) is 0 Å². The molecule has 1 aliphatic rings. The summed E-state index contributed by atoms with van der Waals surface area (Å²) in [5.74, 6) is -1.30. The van der Waals surface area contributed by atoms with Gasteiger partial charge in [-0.1, -0.05) is 23.7 Å². The molecule has 1 saturated heterocycles. The Balaban J connectivity index is 2.06. The summed E-state index contributed by atoms with van der Waals surface area (Å²) in [4.78, 5) is 26.7. The monoisotopic (exact) mass is 429 g/mol. The lowest BCUT2D eigenvalue weighted by Gasteiger charge is -2.34. The van der Waals surface area contributed by atoms with Crippen LogP contribution in [-0.4, -0.2) is 45.8 Å². The summed E-state index contributed by atoms with van der Waals surface area (Å²) in [5, 5.41) is 3.72. The van der Waals surface area contributed by atoms with E-state index in [9.17, 15) is 22.8 Å². The van der Waals surface area contributed by atoms with Crippen molar-refractivity contribution in [3.8, 4) is 5.69 Å². The fraction of sp³-hybridized carbons (Fsp3) is 0.421. The lowest BCUT2D eigenvalue weighted by Crippen LogP contribution is -2.49. The van der Waals surface area contributed by atoms with Gasteiger partial charge in [-0.3, -0.25) is 4.79 Å². The molecule has 1 aromatic heterocycles. The van der Waals surface area contributed by atoms with E-state index in [1.165, 1.54) is 17.0 Å². The molecule has 6 nitrogen and oxygen atoms in total. The molecule has 29 heavy (non-hydrogen) atoms. The van der Waals surface area contributed by atoms with Crippen molar-refractivity contribution in [3.05, 3.63) is 46.7 Å². The van der Waals surface area contributed by atoms with E-state index in [0.29, 0.717) is 25.3 Å². The van der Waals surface area contributed by atoms with Crippen LogP contribution in [0.3, 0.4) is 0 Å². The smallest absolute Gasteiger partial charge is 0.435 e. The summed E-state index contributed by atoms with van der Waals surface area (Å²) in [7, 11) is 0. The van der Waals surface area contributed by atoms with Crippen LogP contribution in [0, 0.1) is 0 Å². The van der Waals surface area contributed by atoms with Crippen molar-refractivity contribution < 1.29 is 27.5 Å². The van der Waals surface area contributed by atoms with Crippen molar-refractivity contribution in [1.29, 1.82) is 0 Å². The lowest BCUT2D eigenvalue weighted by atomic mass is 10.0. The van der Waals surface area contributed by atoms with Crippen LogP contribution in [0.1, 0.15) is 42.4 Å². The van der Waals surface area contributed by atoms with Gasteiger partial charge in [0, 0.05) is 12.6 Å². The first-order chi connectivity index (χ1) is 13.7. The second-order valence-corrected chi connectivity index (χ2v) is 6.95. The van der Waals surface area contributed by atoms with E-state index in [2.05, 4.69) is 5.10 Å². The standard InChI is InChI=1S/C19H19ClF3N3O3/c1-2-29-18(28)14-9-5-6-10-25(14)17(27)15-11-16(19(21,22)23)24-26(15)13-8-4-3-7-12(13)20/h3-4,7-8,11,14H,2,5-6,9-10H2,1H3. The van der Waals surface area contributed by atoms with Gasteiger partial charge in [0.1, 0.15) is 11.7 Å². The molecular weight excluding hydrogens is 411 g/mol.